The first-order valence-electron chi connectivity index (χ1n) is 8.67. The molecule has 2 rings (SSSR count). The van der Waals surface area contributed by atoms with E-state index in [9.17, 15) is 4.79 Å². The number of carbonyl (C=O) groups is 1. The van der Waals surface area contributed by atoms with Gasteiger partial charge in [-0.2, -0.15) is 11.8 Å². The molecular weight excluding hydrogens is 280 g/mol. The van der Waals surface area contributed by atoms with E-state index >= 15 is 0 Å². The van der Waals surface area contributed by atoms with Gasteiger partial charge in [0.15, 0.2) is 0 Å². The molecule has 2 aliphatic heterocycles. The van der Waals surface area contributed by atoms with Crippen molar-refractivity contribution >= 4 is 17.7 Å². The fraction of sp³-hybridized carbons (Fsp3) is 0.941. The predicted molar refractivity (Wildman–Crippen MR) is 91.4 cm³/mol. The topological polar surface area (TPSA) is 32.3 Å². The number of hydrogen-bond acceptors (Lipinski definition) is 3. The van der Waals surface area contributed by atoms with Gasteiger partial charge in [0.1, 0.15) is 0 Å². The molecule has 4 heteroatoms. The predicted octanol–water partition coefficient (Wildman–Crippen LogP) is 3.35. The van der Waals surface area contributed by atoms with Gasteiger partial charge in [0, 0.05) is 6.54 Å². The molecule has 0 spiro atoms. The number of nitrogens with one attached hydrogen (secondary N) is 1. The van der Waals surface area contributed by atoms with Crippen molar-refractivity contribution in [3.63, 3.8) is 0 Å². The van der Waals surface area contributed by atoms with Gasteiger partial charge in [-0.05, 0) is 48.5 Å². The molecule has 0 aromatic heterocycles. The fourth-order valence-corrected chi connectivity index (χ4v) is 4.61. The minimum Gasteiger partial charge on any atom is -0.325 e. The van der Waals surface area contributed by atoms with Crippen molar-refractivity contribution in [3.8, 4) is 0 Å². The van der Waals surface area contributed by atoms with Crippen LogP contribution in [0.2, 0.25) is 0 Å². The quantitative estimate of drug-likeness (QED) is 0.816. The number of thioether (sulfide) groups is 1. The zero-order valence-electron chi connectivity index (χ0n) is 14.1. The zero-order chi connectivity index (χ0) is 15.4. The maximum atomic E-state index is 12.8. The van der Waals surface area contributed by atoms with Crippen molar-refractivity contribution in [2.24, 2.45) is 17.8 Å². The summed E-state index contributed by atoms with van der Waals surface area (Å²) in [5, 5.41) is 3.63. The lowest BCUT2D eigenvalue weighted by Gasteiger charge is -2.31. The van der Waals surface area contributed by atoms with E-state index in [2.05, 4.69) is 49.7 Å². The third-order valence-corrected chi connectivity index (χ3v) is 6.05. The van der Waals surface area contributed by atoms with Crippen molar-refractivity contribution in [1.82, 2.24) is 10.2 Å². The van der Waals surface area contributed by atoms with Crippen LogP contribution in [-0.4, -0.2) is 41.1 Å². The van der Waals surface area contributed by atoms with Gasteiger partial charge in [0.25, 0.3) is 0 Å². The molecule has 2 saturated heterocycles. The lowest BCUT2D eigenvalue weighted by atomic mass is 9.98. The first kappa shape index (κ1) is 17.1. The molecule has 3 nitrogen and oxygen atoms in total. The molecule has 2 heterocycles. The van der Waals surface area contributed by atoms with Gasteiger partial charge in [0.05, 0.1) is 12.2 Å². The number of nitrogens with zero attached hydrogens (tertiary/aromatic N) is 1. The number of rotatable bonds is 6. The molecule has 0 aromatic rings. The highest BCUT2D eigenvalue weighted by atomic mass is 32.2. The van der Waals surface area contributed by atoms with Crippen LogP contribution in [0.25, 0.3) is 0 Å². The molecule has 0 aliphatic carbocycles. The van der Waals surface area contributed by atoms with Crippen molar-refractivity contribution < 1.29 is 4.79 Å². The Hall–Kier alpha value is -0.220. The summed E-state index contributed by atoms with van der Waals surface area (Å²) in [6.45, 7) is 9.84. The molecule has 2 aliphatic rings. The van der Waals surface area contributed by atoms with Gasteiger partial charge in [0.2, 0.25) is 5.91 Å². The highest BCUT2D eigenvalue weighted by Crippen LogP contribution is 2.28. The van der Waals surface area contributed by atoms with Crippen LogP contribution in [0.4, 0.5) is 0 Å². The SMILES string of the molecule is CCC(C)C1NC(CC(C)C)N(CC2CCSCC2)C1=O. The summed E-state index contributed by atoms with van der Waals surface area (Å²) in [5.74, 6) is 4.65. The van der Waals surface area contributed by atoms with Gasteiger partial charge < -0.3 is 4.90 Å². The monoisotopic (exact) mass is 312 g/mol. The summed E-state index contributed by atoms with van der Waals surface area (Å²) in [5.41, 5.74) is 0. The van der Waals surface area contributed by atoms with E-state index in [1.165, 1.54) is 24.3 Å². The Morgan fingerprint density at radius 2 is 1.95 bits per heavy atom. The minimum atomic E-state index is 0.0386. The Labute approximate surface area is 134 Å². The largest absolute Gasteiger partial charge is 0.325 e. The van der Waals surface area contributed by atoms with Crippen LogP contribution in [-0.2, 0) is 4.79 Å². The second-order valence-electron chi connectivity index (χ2n) is 7.22. The molecule has 3 unspecified atom stereocenters. The number of hydrogen-bond donors (Lipinski definition) is 1. The lowest BCUT2D eigenvalue weighted by molar-refractivity contribution is -0.131. The molecule has 122 valence electrons. The summed E-state index contributed by atoms with van der Waals surface area (Å²) in [7, 11) is 0. The third kappa shape index (κ3) is 4.38. The first-order valence-corrected chi connectivity index (χ1v) is 9.82. The molecule has 0 radical (unpaired) electrons. The van der Waals surface area contributed by atoms with Crippen molar-refractivity contribution in [3.05, 3.63) is 0 Å². The van der Waals surface area contributed by atoms with Crippen LogP contribution >= 0.6 is 11.8 Å². The summed E-state index contributed by atoms with van der Waals surface area (Å²) >= 11 is 2.06. The van der Waals surface area contributed by atoms with E-state index in [1.54, 1.807) is 0 Å². The smallest absolute Gasteiger partial charge is 0.241 e. The van der Waals surface area contributed by atoms with Crippen LogP contribution in [0.5, 0.6) is 0 Å². The van der Waals surface area contributed by atoms with Crippen LogP contribution < -0.4 is 5.32 Å². The second-order valence-corrected chi connectivity index (χ2v) is 8.45. The molecule has 2 fully saturated rings. The summed E-state index contributed by atoms with van der Waals surface area (Å²) in [6, 6.07) is 0.0386. The van der Waals surface area contributed by atoms with Crippen LogP contribution in [0.3, 0.4) is 0 Å². The molecule has 21 heavy (non-hydrogen) atoms. The van der Waals surface area contributed by atoms with Gasteiger partial charge in [-0.3, -0.25) is 10.1 Å². The summed E-state index contributed by atoms with van der Waals surface area (Å²) < 4.78 is 0. The van der Waals surface area contributed by atoms with Crippen LogP contribution in [0.1, 0.15) is 53.4 Å². The minimum absolute atomic E-state index is 0.0386. The van der Waals surface area contributed by atoms with Crippen molar-refractivity contribution in [2.45, 2.75) is 65.6 Å². The number of carbonyl (C=O) groups excluding carboxylic acids is 1. The Balaban J connectivity index is 2.03. The van der Waals surface area contributed by atoms with E-state index in [0.717, 1.165) is 19.4 Å². The molecule has 0 saturated carbocycles. The van der Waals surface area contributed by atoms with Crippen molar-refractivity contribution in [2.75, 3.05) is 18.1 Å². The molecule has 0 bridgehead atoms. The van der Waals surface area contributed by atoms with E-state index < -0.39 is 0 Å². The van der Waals surface area contributed by atoms with Gasteiger partial charge in [-0.15, -0.1) is 0 Å². The maximum Gasteiger partial charge on any atom is 0.241 e. The number of amides is 1. The van der Waals surface area contributed by atoms with Gasteiger partial charge >= 0.3 is 0 Å². The molecule has 1 N–H and O–H groups in total. The Bertz CT molecular complexity index is 342. The maximum absolute atomic E-state index is 12.8. The summed E-state index contributed by atoms with van der Waals surface area (Å²) in [6.07, 6.45) is 4.94. The average molecular weight is 313 g/mol. The Morgan fingerprint density at radius 1 is 1.29 bits per heavy atom. The molecule has 3 atom stereocenters. The third-order valence-electron chi connectivity index (χ3n) is 5.00. The van der Waals surface area contributed by atoms with Gasteiger partial charge in [-0.1, -0.05) is 34.1 Å². The van der Waals surface area contributed by atoms with E-state index in [-0.39, 0.29) is 12.2 Å². The lowest BCUT2D eigenvalue weighted by Crippen LogP contribution is -2.41. The van der Waals surface area contributed by atoms with Crippen LogP contribution in [0.15, 0.2) is 0 Å². The van der Waals surface area contributed by atoms with E-state index in [4.69, 9.17) is 0 Å². The highest BCUT2D eigenvalue weighted by Gasteiger charge is 2.41. The molecule has 0 aromatic carbocycles. The van der Waals surface area contributed by atoms with Crippen LogP contribution in [0, 0.1) is 17.8 Å². The highest BCUT2D eigenvalue weighted by molar-refractivity contribution is 7.99. The van der Waals surface area contributed by atoms with Crippen molar-refractivity contribution in [1.29, 1.82) is 0 Å². The fourth-order valence-electron chi connectivity index (χ4n) is 3.41. The normalized spacial score (nSPS) is 29.4. The molecule has 1 amide bonds. The first-order chi connectivity index (χ1) is 10.0. The second kappa shape index (κ2) is 7.87. The standard InChI is InChI=1S/C17H32N2OS/c1-5-13(4)16-17(20)19(15(18-16)10-12(2)3)11-14-6-8-21-9-7-14/h12-16,18H,5-11H2,1-4H3. The zero-order valence-corrected chi connectivity index (χ0v) is 14.9. The average Bonchev–Trinajstić information content (AvgIpc) is 2.76. The Morgan fingerprint density at radius 3 is 2.52 bits per heavy atom. The van der Waals surface area contributed by atoms with E-state index in [1.807, 2.05) is 0 Å². The van der Waals surface area contributed by atoms with E-state index in [0.29, 0.717) is 23.7 Å². The Kier molecular flexibility index (Phi) is 6.42. The van der Waals surface area contributed by atoms with Gasteiger partial charge in [-0.25, -0.2) is 0 Å². The summed E-state index contributed by atoms with van der Waals surface area (Å²) in [4.78, 5) is 15.0. The molecular formula is C17H32N2OS.